The van der Waals surface area contributed by atoms with Gasteiger partial charge in [-0.2, -0.15) is 5.26 Å². The lowest BCUT2D eigenvalue weighted by Gasteiger charge is -2.31. The van der Waals surface area contributed by atoms with Crippen LogP contribution in [0.15, 0.2) is 0 Å². The second-order valence-electron chi connectivity index (χ2n) is 7.49. The third-order valence-electron chi connectivity index (χ3n) is 5.42. The van der Waals surface area contributed by atoms with E-state index in [0.29, 0.717) is 11.1 Å². The summed E-state index contributed by atoms with van der Waals surface area (Å²) in [6.45, 7) is 2.11. The van der Waals surface area contributed by atoms with Crippen LogP contribution in [-0.4, -0.2) is 48.0 Å². The van der Waals surface area contributed by atoms with Crippen LogP contribution in [0.5, 0.6) is 5.19 Å². The molecule has 0 spiro atoms. The van der Waals surface area contributed by atoms with E-state index in [1.807, 2.05) is 6.07 Å². The van der Waals surface area contributed by atoms with E-state index in [4.69, 9.17) is 10.00 Å². The predicted octanol–water partition coefficient (Wildman–Crippen LogP) is 3.12. The summed E-state index contributed by atoms with van der Waals surface area (Å²) in [4.78, 5) is 19.4. The van der Waals surface area contributed by atoms with Gasteiger partial charge in [-0.05, 0) is 51.0 Å². The van der Waals surface area contributed by atoms with E-state index in [1.54, 1.807) is 0 Å². The fourth-order valence-corrected chi connectivity index (χ4v) is 4.84. The Morgan fingerprint density at radius 1 is 1.39 bits per heavy atom. The fourth-order valence-electron chi connectivity index (χ4n) is 3.93. The largest absolute Gasteiger partial charge is 0.464 e. The lowest BCUT2D eigenvalue weighted by molar-refractivity contribution is -0.121. The monoisotopic (exact) mass is 412 g/mol. The topological polar surface area (TPSA) is 78.2 Å². The van der Waals surface area contributed by atoms with Crippen molar-refractivity contribution >= 4 is 17.2 Å². The van der Waals surface area contributed by atoms with Crippen molar-refractivity contribution in [1.82, 2.24) is 15.2 Å². The van der Waals surface area contributed by atoms with E-state index in [-0.39, 0.29) is 18.4 Å². The highest BCUT2D eigenvalue weighted by atomic mass is 32.1. The molecule has 9 heteroatoms. The minimum Gasteiger partial charge on any atom is -0.464 e. The molecule has 1 aliphatic heterocycles. The first-order chi connectivity index (χ1) is 13.5. The number of thiazole rings is 1. The van der Waals surface area contributed by atoms with Crippen LogP contribution >= 0.6 is 11.3 Å². The van der Waals surface area contributed by atoms with Crippen molar-refractivity contribution in [3.8, 4) is 11.3 Å². The summed E-state index contributed by atoms with van der Waals surface area (Å²) in [5, 5.41) is 11.8. The minimum atomic E-state index is -2.48. The maximum Gasteiger partial charge on any atom is 0.273 e. The molecule has 1 aromatic rings. The molecule has 1 aliphatic carbocycles. The molecule has 2 heterocycles. The van der Waals surface area contributed by atoms with E-state index < -0.39 is 13.0 Å². The molecule has 6 nitrogen and oxygen atoms in total. The second-order valence-corrected chi connectivity index (χ2v) is 8.53. The first-order valence-electron chi connectivity index (χ1n) is 9.81. The smallest absolute Gasteiger partial charge is 0.273 e. The van der Waals surface area contributed by atoms with Crippen molar-refractivity contribution in [3.05, 3.63) is 10.6 Å². The summed E-state index contributed by atoms with van der Waals surface area (Å²) < 4.78 is 29.6. The number of nitrogens with zero attached hydrogens (tertiary/aromatic N) is 3. The van der Waals surface area contributed by atoms with E-state index in [1.165, 1.54) is 11.3 Å². The summed E-state index contributed by atoms with van der Waals surface area (Å²) in [6.07, 6.45) is 3.61. The second kappa shape index (κ2) is 10.1. The van der Waals surface area contributed by atoms with Crippen LogP contribution in [0.4, 0.5) is 8.78 Å². The molecule has 0 radical (unpaired) electrons. The summed E-state index contributed by atoms with van der Waals surface area (Å²) in [5.74, 6) is 0.487. The van der Waals surface area contributed by atoms with Gasteiger partial charge >= 0.3 is 0 Å². The van der Waals surface area contributed by atoms with Gasteiger partial charge in [-0.3, -0.25) is 9.69 Å². The lowest BCUT2D eigenvalue weighted by Crippen LogP contribution is -2.38. The van der Waals surface area contributed by atoms with Crippen molar-refractivity contribution in [2.45, 2.75) is 64.0 Å². The van der Waals surface area contributed by atoms with Gasteiger partial charge in [0.25, 0.3) is 11.6 Å². The van der Waals surface area contributed by atoms with Gasteiger partial charge in [0.05, 0.1) is 11.8 Å². The number of hydrogen-bond donors (Lipinski definition) is 1. The minimum absolute atomic E-state index is 0.0671. The first-order valence-corrected chi connectivity index (χ1v) is 10.6. The molecule has 2 aliphatic rings. The zero-order chi connectivity index (χ0) is 19.9. The van der Waals surface area contributed by atoms with Gasteiger partial charge in [0.2, 0.25) is 5.91 Å². The number of amides is 1. The molecule has 0 saturated heterocycles. The highest BCUT2D eigenvalue weighted by Crippen LogP contribution is 2.31. The third kappa shape index (κ3) is 6.11. The molecular formula is C19H26F2N4O2S. The quantitative estimate of drug-likeness (QED) is 0.710. The Bertz CT molecular complexity index is 699. The Kier molecular flexibility index (Phi) is 7.57. The van der Waals surface area contributed by atoms with Crippen LogP contribution in [-0.2, 0) is 17.8 Å². The van der Waals surface area contributed by atoms with Gasteiger partial charge < -0.3 is 10.1 Å². The molecule has 28 heavy (non-hydrogen) atoms. The number of nitrogens with one attached hydrogen (secondary N) is 1. The number of aromatic nitrogens is 1. The Balaban J connectivity index is 1.37. The van der Waals surface area contributed by atoms with Crippen LogP contribution in [0.1, 0.15) is 49.1 Å². The number of fused-ring (bicyclic) bond motifs is 1. The predicted molar refractivity (Wildman–Crippen MR) is 101 cm³/mol. The molecule has 1 amide bonds. The number of ether oxygens (including phenoxy) is 1. The van der Waals surface area contributed by atoms with Crippen molar-refractivity contribution < 1.29 is 18.3 Å². The maximum absolute atomic E-state index is 12.3. The molecular weight excluding hydrogens is 386 g/mol. The van der Waals surface area contributed by atoms with Crippen molar-refractivity contribution in [3.63, 3.8) is 0 Å². The number of carbonyl (C=O) groups excluding carboxylic acids is 1. The maximum atomic E-state index is 12.3. The zero-order valence-corrected chi connectivity index (χ0v) is 16.6. The van der Waals surface area contributed by atoms with Crippen LogP contribution in [0.25, 0.3) is 0 Å². The summed E-state index contributed by atoms with van der Waals surface area (Å²) >= 11 is 1.39. The third-order valence-corrected chi connectivity index (χ3v) is 6.49. The van der Waals surface area contributed by atoms with Crippen LogP contribution < -0.4 is 10.1 Å². The van der Waals surface area contributed by atoms with E-state index >= 15 is 0 Å². The van der Waals surface area contributed by atoms with Gasteiger partial charge in [0.1, 0.15) is 6.42 Å². The Labute approximate surface area is 167 Å². The van der Waals surface area contributed by atoms with E-state index in [9.17, 15) is 13.6 Å². The van der Waals surface area contributed by atoms with E-state index in [0.717, 1.165) is 68.7 Å². The molecule has 1 N–H and O–H groups in total. The van der Waals surface area contributed by atoms with Gasteiger partial charge in [-0.1, -0.05) is 11.3 Å². The Morgan fingerprint density at radius 3 is 2.89 bits per heavy atom. The number of carbonyl (C=O) groups is 1. The molecule has 0 aromatic carbocycles. The Hall–Kier alpha value is -1.79. The van der Waals surface area contributed by atoms with Crippen molar-refractivity contribution in [2.75, 3.05) is 19.7 Å². The average molecular weight is 413 g/mol. The molecule has 0 bridgehead atoms. The van der Waals surface area contributed by atoms with Crippen molar-refractivity contribution in [1.29, 1.82) is 5.26 Å². The Morgan fingerprint density at radius 2 is 2.18 bits per heavy atom. The number of halogens is 2. The van der Waals surface area contributed by atoms with Crippen LogP contribution in [0.2, 0.25) is 0 Å². The summed E-state index contributed by atoms with van der Waals surface area (Å²) in [5.41, 5.74) is 0.962. The average Bonchev–Trinajstić information content (AvgIpc) is 3.08. The molecule has 3 rings (SSSR count). The molecule has 1 saturated carbocycles. The van der Waals surface area contributed by atoms with Gasteiger partial charge in [0, 0.05) is 24.0 Å². The fraction of sp³-hybridized carbons (Fsp3) is 0.737. The molecule has 0 unspecified atom stereocenters. The van der Waals surface area contributed by atoms with Crippen molar-refractivity contribution in [2.24, 2.45) is 5.92 Å². The number of rotatable bonds is 8. The highest BCUT2D eigenvalue weighted by Gasteiger charge is 2.25. The number of nitriles is 1. The van der Waals surface area contributed by atoms with E-state index in [2.05, 4.69) is 15.2 Å². The SMILES string of the molecule is N#CCC(=O)N[C@H]1CC[C@H](CCN2CCc3sc(OCC(F)F)nc3C2)CC1. The number of alkyl halides is 2. The highest BCUT2D eigenvalue weighted by molar-refractivity contribution is 7.13. The first kappa shape index (κ1) is 20.9. The number of hydrogen-bond acceptors (Lipinski definition) is 6. The molecule has 1 fully saturated rings. The molecule has 154 valence electrons. The summed E-state index contributed by atoms with van der Waals surface area (Å²) in [7, 11) is 0. The zero-order valence-electron chi connectivity index (χ0n) is 15.8. The summed E-state index contributed by atoms with van der Waals surface area (Å²) in [6, 6.07) is 2.08. The molecule has 0 atom stereocenters. The van der Waals surface area contributed by atoms with Gasteiger partial charge in [0.15, 0.2) is 6.61 Å². The standard InChI is InChI=1S/C19H26F2N4O2S/c20-17(21)12-27-19-24-15-11-25(10-7-16(15)28-19)9-6-13-1-3-14(4-2-13)23-18(26)5-8-22/h13-14,17H,1-7,9-12H2,(H,23,26)/t13-,14-. The molecule has 1 aromatic heterocycles. The lowest BCUT2D eigenvalue weighted by atomic mass is 9.84. The van der Waals surface area contributed by atoms with Gasteiger partial charge in [-0.25, -0.2) is 13.8 Å². The van der Waals surface area contributed by atoms with Crippen LogP contribution in [0, 0.1) is 17.2 Å². The van der Waals surface area contributed by atoms with Gasteiger partial charge in [-0.15, -0.1) is 0 Å². The van der Waals surface area contributed by atoms with Crippen LogP contribution in [0.3, 0.4) is 0 Å². The normalized spacial score (nSPS) is 22.5.